The fraction of sp³-hybridized carbons (Fsp3) is 0.312. The van der Waals surface area contributed by atoms with E-state index in [2.05, 4.69) is 26.6 Å². The number of benzene rings is 1. The number of hydrogen-bond acceptors (Lipinski definition) is 5. The zero-order chi connectivity index (χ0) is 17.9. The molecule has 6 nitrogen and oxygen atoms in total. The van der Waals surface area contributed by atoms with Crippen LogP contribution in [0.4, 0.5) is 0 Å². The number of amides is 1. The van der Waals surface area contributed by atoms with Crippen molar-refractivity contribution in [3.63, 3.8) is 0 Å². The predicted octanol–water partition coefficient (Wildman–Crippen LogP) is 2.27. The number of nitriles is 1. The lowest BCUT2D eigenvalue weighted by Gasteiger charge is -2.13. The van der Waals surface area contributed by atoms with Crippen LogP contribution in [-0.4, -0.2) is 35.0 Å². The monoisotopic (exact) mass is 411 g/mol. The lowest BCUT2D eigenvalue weighted by Crippen LogP contribution is -2.41. The Kier molecular flexibility index (Phi) is 8.97. The van der Waals surface area contributed by atoms with Crippen LogP contribution in [0, 0.1) is 11.3 Å². The normalized spacial score (nSPS) is 12.1. The molecule has 1 aromatic rings. The van der Waals surface area contributed by atoms with Gasteiger partial charge in [0, 0.05) is 17.2 Å². The van der Waals surface area contributed by atoms with Crippen LogP contribution < -0.4 is 10.6 Å². The van der Waals surface area contributed by atoms with Crippen molar-refractivity contribution in [2.24, 2.45) is 0 Å². The molecule has 0 fully saturated rings. The maximum atomic E-state index is 12.0. The molecule has 0 aliphatic carbocycles. The van der Waals surface area contributed by atoms with Gasteiger partial charge in [-0.2, -0.15) is 17.0 Å². The molecule has 1 atom stereocenters. The number of rotatable bonds is 9. The quantitative estimate of drug-likeness (QED) is 0.425. The lowest BCUT2D eigenvalue weighted by atomic mass is 10.2. The summed E-state index contributed by atoms with van der Waals surface area (Å²) in [5.41, 5.74) is 0.808. The maximum Gasteiger partial charge on any atom is 0.326 e. The third-order valence-electron chi connectivity index (χ3n) is 3.02. The van der Waals surface area contributed by atoms with Crippen LogP contribution in [0.5, 0.6) is 0 Å². The molecule has 0 saturated heterocycles. The average Bonchev–Trinajstić information content (AvgIpc) is 2.55. The van der Waals surface area contributed by atoms with E-state index >= 15 is 0 Å². The molecule has 0 aliphatic rings. The first-order valence-corrected chi connectivity index (χ1v) is 9.27. The summed E-state index contributed by atoms with van der Waals surface area (Å²) in [5, 5.41) is 23.5. The molecule has 8 heteroatoms. The van der Waals surface area contributed by atoms with Crippen LogP contribution in [0.2, 0.25) is 0 Å². The largest absolute Gasteiger partial charge is 0.480 e. The zero-order valence-electron chi connectivity index (χ0n) is 13.1. The molecule has 0 heterocycles. The van der Waals surface area contributed by atoms with Crippen molar-refractivity contribution in [2.45, 2.75) is 19.0 Å². The molecule has 0 saturated carbocycles. The molecule has 0 bridgehead atoms. The highest BCUT2D eigenvalue weighted by Crippen LogP contribution is 2.11. The molecule has 1 amide bonds. The summed E-state index contributed by atoms with van der Waals surface area (Å²) in [6, 6.07) is 8.37. The van der Waals surface area contributed by atoms with Crippen molar-refractivity contribution < 1.29 is 14.7 Å². The number of carboxylic acid groups (broad SMARTS) is 1. The molecule has 1 aromatic carbocycles. The van der Waals surface area contributed by atoms with Gasteiger partial charge >= 0.3 is 5.97 Å². The van der Waals surface area contributed by atoms with E-state index in [1.807, 2.05) is 30.5 Å². The molecule has 3 N–H and O–H groups in total. The highest BCUT2D eigenvalue weighted by atomic mass is 79.9. The van der Waals surface area contributed by atoms with Crippen molar-refractivity contribution in [3.05, 3.63) is 46.1 Å². The lowest BCUT2D eigenvalue weighted by molar-refractivity contribution is -0.141. The predicted molar refractivity (Wildman–Crippen MR) is 97.2 cm³/mol. The maximum absolute atomic E-state index is 12.0. The highest BCUT2D eigenvalue weighted by Gasteiger charge is 2.21. The van der Waals surface area contributed by atoms with Gasteiger partial charge < -0.3 is 15.7 Å². The van der Waals surface area contributed by atoms with Gasteiger partial charge in [0.1, 0.15) is 17.7 Å². The number of thioether (sulfide) groups is 1. The summed E-state index contributed by atoms with van der Waals surface area (Å²) in [7, 11) is 0. The van der Waals surface area contributed by atoms with Gasteiger partial charge in [-0.05, 0) is 36.1 Å². The van der Waals surface area contributed by atoms with Crippen LogP contribution in [0.1, 0.15) is 12.0 Å². The van der Waals surface area contributed by atoms with Crippen LogP contribution in [0.25, 0.3) is 0 Å². The van der Waals surface area contributed by atoms with Crippen LogP contribution in [0.15, 0.2) is 40.5 Å². The molecular weight excluding hydrogens is 394 g/mol. The second kappa shape index (κ2) is 10.7. The first-order chi connectivity index (χ1) is 11.5. The van der Waals surface area contributed by atoms with E-state index < -0.39 is 17.9 Å². The van der Waals surface area contributed by atoms with Gasteiger partial charge in [0.15, 0.2) is 0 Å². The van der Waals surface area contributed by atoms with E-state index in [1.54, 1.807) is 6.07 Å². The van der Waals surface area contributed by atoms with Crippen molar-refractivity contribution in [1.82, 2.24) is 10.6 Å². The molecule has 128 valence electrons. The molecule has 1 rings (SSSR count). The summed E-state index contributed by atoms with van der Waals surface area (Å²) in [6.07, 6.45) is 3.45. The summed E-state index contributed by atoms with van der Waals surface area (Å²) in [6.45, 7) is 0.437. The molecule has 24 heavy (non-hydrogen) atoms. The minimum Gasteiger partial charge on any atom is -0.480 e. The van der Waals surface area contributed by atoms with E-state index in [-0.39, 0.29) is 5.57 Å². The van der Waals surface area contributed by atoms with Gasteiger partial charge in [0.05, 0.1) is 0 Å². The minimum absolute atomic E-state index is 0.166. The first-order valence-electron chi connectivity index (χ1n) is 7.08. The van der Waals surface area contributed by atoms with Crippen LogP contribution >= 0.6 is 27.7 Å². The number of carboxylic acids is 1. The highest BCUT2D eigenvalue weighted by molar-refractivity contribution is 9.10. The molecule has 0 radical (unpaired) electrons. The third-order valence-corrected chi connectivity index (χ3v) is 4.16. The van der Waals surface area contributed by atoms with Gasteiger partial charge in [0.2, 0.25) is 0 Å². The van der Waals surface area contributed by atoms with Gasteiger partial charge in [-0.1, -0.05) is 28.1 Å². The molecule has 0 aliphatic heterocycles. The number of nitrogens with one attached hydrogen (secondary N) is 2. The van der Waals surface area contributed by atoms with Gasteiger partial charge in [-0.15, -0.1) is 0 Å². The number of carbonyl (C=O) groups is 2. The molecular formula is C16H18BrN3O3S. The average molecular weight is 412 g/mol. The SMILES string of the molecule is CSCCC(NC(=O)/C(C#N)=C\NCc1cccc(Br)c1)C(=O)O. The molecule has 0 aromatic heterocycles. The van der Waals surface area contributed by atoms with Crippen molar-refractivity contribution in [3.8, 4) is 6.07 Å². The summed E-state index contributed by atoms with van der Waals surface area (Å²) < 4.78 is 0.933. The summed E-state index contributed by atoms with van der Waals surface area (Å²) >= 11 is 4.85. The molecule has 0 spiro atoms. The Morgan fingerprint density at radius 2 is 2.25 bits per heavy atom. The first kappa shape index (κ1) is 20.1. The Hall–Kier alpha value is -1.98. The second-order valence-corrected chi connectivity index (χ2v) is 6.73. The van der Waals surface area contributed by atoms with E-state index in [0.29, 0.717) is 18.7 Å². The Balaban J connectivity index is 2.64. The number of aliphatic carboxylic acids is 1. The van der Waals surface area contributed by atoms with Gasteiger partial charge in [0.25, 0.3) is 5.91 Å². The topological polar surface area (TPSA) is 102 Å². The zero-order valence-corrected chi connectivity index (χ0v) is 15.5. The standard InChI is InChI=1S/C16H18BrN3O3S/c1-24-6-5-14(16(22)23)20-15(21)12(8-18)10-19-9-11-3-2-4-13(17)7-11/h2-4,7,10,14,19H,5-6,9H2,1H3,(H,20,21)(H,22,23)/b12-10-. The smallest absolute Gasteiger partial charge is 0.326 e. The minimum atomic E-state index is -1.11. The second-order valence-electron chi connectivity index (χ2n) is 4.83. The van der Waals surface area contributed by atoms with Crippen molar-refractivity contribution in [2.75, 3.05) is 12.0 Å². The number of nitrogens with zero attached hydrogens (tertiary/aromatic N) is 1. The van der Waals surface area contributed by atoms with E-state index in [0.717, 1.165) is 10.0 Å². The van der Waals surface area contributed by atoms with Gasteiger partial charge in [-0.3, -0.25) is 4.79 Å². The van der Waals surface area contributed by atoms with E-state index in [4.69, 9.17) is 10.4 Å². The number of halogens is 1. The van der Waals surface area contributed by atoms with E-state index in [9.17, 15) is 9.59 Å². The summed E-state index contributed by atoms with van der Waals surface area (Å²) in [5.74, 6) is -1.21. The van der Waals surface area contributed by atoms with Crippen molar-refractivity contribution in [1.29, 1.82) is 5.26 Å². The van der Waals surface area contributed by atoms with Crippen LogP contribution in [0.3, 0.4) is 0 Å². The Bertz CT molecular complexity index is 658. The Morgan fingerprint density at radius 3 is 2.83 bits per heavy atom. The van der Waals surface area contributed by atoms with Crippen LogP contribution in [-0.2, 0) is 16.1 Å². The van der Waals surface area contributed by atoms with Gasteiger partial charge in [-0.25, -0.2) is 4.79 Å². The van der Waals surface area contributed by atoms with E-state index in [1.165, 1.54) is 18.0 Å². The number of carbonyl (C=O) groups excluding carboxylic acids is 1. The fourth-order valence-corrected chi connectivity index (χ4v) is 2.71. The number of hydrogen-bond donors (Lipinski definition) is 3. The Labute approximate surface area is 153 Å². The van der Waals surface area contributed by atoms with Crippen molar-refractivity contribution >= 4 is 39.6 Å². The Morgan fingerprint density at radius 1 is 1.50 bits per heavy atom. The summed E-state index contributed by atoms with van der Waals surface area (Å²) in [4.78, 5) is 23.2. The third kappa shape index (κ3) is 7.06. The molecule has 1 unspecified atom stereocenters. The fourth-order valence-electron chi connectivity index (χ4n) is 1.80.